The topological polar surface area (TPSA) is 64.6 Å². The molecule has 1 amide bonds. The van der Waals surface area contributed by atoms with E-state index in [4.69, 9.17) is 9.16 Å². The average Bonchev–Trinajstić information content (AvgIpc) is 2.25. The Bertz CT molecular complexity index is 403. The van der Waals surface area contributed by atoms with Crippen LogP contribution >= 0.6 is 0 Å². The second-order valence-corrected chi connectivity index (χ2v) is 12.0. The molecular weight excluding hydrogens is 286 g/mol. The van der Waals surface area contributed by atoms with Crippen LogP contribution in [0.4, 0.5) is 0 Å². The first-order valence-corrected chi connectivity index (χ1v) is 10.5. The number of ether oxygens (including phenoxy) is 1. The molecule has 0 spiro atoms. The van der Waals surface area contributed by atoms with Gasteiger partial charge in [0.15, 0.2) is 8.32 Å². The van der Waals surface area contributed by atoms with Crippen LogP contribution in [0.2, 0.25) is 18.1 Å². The van der Waals surface area contributed by atoms with Crippen LogP contribution in [0.15, 0.2) is 0 Å². The molecule has 1 aliphatic rings. The predicted molar refractivity (Wildman–Crippen MR) is 84.4 cm³/mol. The Balaban J connectivity index is 2.65. The van der Waals surface area contributed by atoms with Crippen molar-refractivity contribution in [3.05, 3.63) is 0 Å². The molecule has 1 rings (SSSR count). The van der Waals surface area contributed by atoms with Crippen molar-refractivity contribution in [1.82, 2.24) is 5.32 Å². The summed E-state index contributed by atoms with van der Waals surface area (Å²) in [5.41, 5.74) is 0. The third-order valence-corrected chi connectivity index (χ3v) is 9.12. The fourth-order valence-electron chi connectivity index (χ4n) is 2.29. The maximum absolute atomic E-state index is 11.8. The number of esters is 1. The lowest BCUT2D eigenvalue weighted by atomic mass is 9.84. The first kappa shape index (κ1) is 18.2. The molecule has 0 unspecified atom stereocenters. The first-order valence-electron chi connectivity index (χ1n) is 7.63. The lowest BCUT2D eigenvalue weighted by molar-refractivity contribution is -0.149. The van der Waals surface area contributed by atoms with Gasteiger partial charge in [-0.2, -0.15) is 0 Å². The van der Waals surface area contributed by atoms with Crippen molar-refractivity contribution in [1.29, 1.82) is 0 Å². The lowest BCUT2D eigenvalue weighted by Gasteiger charge is -2.45. The normalized spacial score (nSPS) is 24.0. The molecule has 0 bridgehead atoms. The summed E-state index contributed by atoms with van der Waals surface area (Å²) in [6, 6.07) is -0.170. The van der Waals surface area contributed by atoms with Crippen molar-refractivity contribution in [3.63, 3.8) is 0 Å². The Morgan fingerprint density at radius 1 is 1.38 bits per heavy atom. The molecule has 1 N–H and O–H groups in total. The number of amides is 1. The quantitative estimate of drug-likeness (QED) is 0.464. The van der Waals surface area contributed by atoms with Crippen molar-refractivity contribution in [2.45, 2.75) is 71.3 Å². The molecule has 122 valence electrons. The van der Waals surface area contributed by atoms with E-state index in [1.54, 1.807) is 6.92 Å². The van der Waals surface area contributed by atoms with Gasteiger partial charge in [0.1, 0.15) is 0 Å². The highest BCUT2D eigenvalue weighted by atomic mass is 28.4. The van der Waals surface area contributed by atoms with Crippen LogP contribution in [0.25, 0.3) is 0 Å². The molecule has 0 aliphatic carbocycles. The standard InChI is InChI=1S/C15H29NO4Si/c1-8-19-12(17)9-11-13(14(18)16-11)10(2)20-21(6,7)15(3,4)5/h10-11,13H,8-9H2,1-7H3,(H,16,18)/t10-,11-,13-/m1/s1. The molecular formula is C15H29NO4Si. The van der Waals surface area contributed by atoms with Crippen LogP contribution in [-0.4, -0.2) is 38.9 Å². The van der Waals surface area contributed by atoms with Crippen LogP contribution in [0.5, 0.6) is 0 Å². The van der Waals surface area contributed by atoms with Crippen molar-refractivity contribution in [2.24, 2.45) is 5.92 Å². The molecule has 1 heterocycles. The van der Waals surface area contributed by atoms with E-state index in [0.717, 1.165) is 0 Å². The second-order valence-electron chi connectivity index (χ2n) is 7.23. The summed E-state index contributed by atoms with van der Waals surface area (Å²) in [5.74, 6) is -0.564. The molecule has 1 aliphatic heterocycles. The minimum Gasteiger partial charge on any atom is -0.466 e. The Kier molecular flexibility index (Phi) is 5.61. The molecule has 0 saturated carbocycles. The SMILES string of the molecule is CCOC(=O)C[C@H]1NC(=O)[C@@H]1[C@@H](C)O[Si](C)(C)C(C)(C)C. The summed E-state index contributed by atoms with van der Waals surface area (Å²) in [7, 11) is -1.92. The zero-order valence-corrected chi connectivity index (χ0v) is 15.3. The zero-order valence-electron chi connectivity index (χ0n) is 14.3. The molecule has 21 heavy (non-hydrogen) atoms. The minimum atomic E-state index is -1.92. The number of carbonyl (C=O) groups is 2. The van der Waals surface area contributed by atoms with Gasteiger partial charge in [-0.3, -0.25) is 9.59 Å². The van der Waals surface area contributed by atoms with Gasteiger partial charge >= 0.3 is 5.97 Å². The Labute approximate surface area is 128 Å². The number of nitrogens with one attached hydrogen (secondary N) is 1. The van der Waals surface area contributed by atoms with Crippen molar-refractivity contribution >= 4 is 20.2 Å². The van der Waals surface area contributed by atoms with E-state index in [1.165, 1.54) is 0 Å². The smallest absolute Gasteiger partial charge is 0.307 e. The predicted octanol–water partition coefficient (Wildman–Crippen LogP) is 2.46. The largest absolute Gasteiger partial charge is 0.466 e. The molecule has 0 radical (unpaired) electrons. The van der Waals surface area contributed by atoms with Gasteiger partial charge < -0.3 is 14.5 Å². The molecule has 1 saturated heterocycles. The number of rotatable bonds is 6. The Morgan fingerprint density at radius 2 is 1.95 bits per heavy atom. The van der Waals surface area contributed by atoms with Crippen LogP contribution in [-0.2, 0) is 18.8 Å². The zero-order chi connectivity index (χ0) is 16.4. The highest BCUT2D eigenvalue weighted by Crippen LogP contribution is 2.39. The number of hydrogen-bond donors (Lipinski definition) is 1. The maximum atomic E-state index is 11.8. The van der Waals surface area contributed by atoms with Crippen molar-refractivity contribution in [2.75, 3.05) is 6.61 Å². The van der Waals surface area contributed by atoms with E-state index in [2.05, 4.69) is 39.2 Å². The summed E-state index contributed by atoms with van der Waals surface area (Å²) in [4.78, 5) is 23.4. The monoisotopic (exact) mass is 315 g/mol. The molecule has 0 aromatic heterocycles. The Hall–Kier alpha value is -0.883. The van der Waals surface area contributed by atoms with E-state index in [0.29, 0.717) is 6.61 Å². The van der Waals surface area contributed by atoms with Crippen LogP contribution < -0.4 is 5.32 Å². The van der Waals surface area contributed by atoms with E-state index < -0.39 is 8.32 Å². The van der Waals surface area contributed by atoms with Crippen LogP contribution in [0.1, 0.15) is 41.0 Å². The van der Waals surface area contributed by atoms with E-state index >= 15 is 0 Å². The first-order chi connectivity index (χ1) is 9.49. The lowest BCUT2D eigenvalue weighted by Crippen LogP contribution is -2.64. The van der Waals surface area contributed by atoms with Crippen molar-refractivity contribution in [3.8, 4) is 0 Å². The molecule has 6 heteroatoms. The molecule has 1 fully saturated rings. The van der Waals surface area contributed by atoms with Crippen LogP contribution in [0.3, 0.4) is 0 Å². The summed E-state index contributed by atoms with van der Waals surface area (Å²) in [6.07, 6.45) is 0.0363. The van der Waals surface area contributed by atoms with Gasteiger partial charge in [0.05, 0.1) is 31.1 Å². The van der Waals surface area contributed by atoms with Gasteiger partial charge in [-0.25, -0.2) is 0 Å². The van der Waals surface area contributed by atoms with Gasteiger partial charge in [0, 0.05) is 0 Å². The van der Waals surface area contributed by atoms with Gasteiger partial charge in [-0.1, -0.05) is 20.8 Å². The summed E-state index contributed by atoms with van der Waals surface area (Å²) in [5, 5.41) is 2.88. The van der Waals surface area contributed by atoms with Gasteiger partial charge in [0.2, 0.25) is 5.91 Å². The third kappa shape index (κ3) is 4.29. The average molecular weight is 315 g/mol. The van der Waals surface area contributed by atoms with E-state index in [9.17, 15) is 9.59 Å². The summed E-state index contributed by atoms with van der Waals surface area (Å²) >= 11 is 0. The fraction of sp³-hybridized carbons (Fsp3) is 0.867. The van der Waals surface area contributed by atoms with Crippen molar-refractivity contribution < 1.29 is 18.8 Å². The minimum absolute atomic E-state index is 0.0319. The van der Waals surface area contributed by atoms with E-state index in [1.807, 2.05) is 6.92 Å². The summed E-state index contributed by atoms with van der Waals surface area (Å²) in [6.45, 7) is 14.9. The second kappa shape index (κ2) is 6.48. The molecule has 5 nitrogen and oxygen atoms in total. The van der Waals surface area contributed by atoms with Crippen LogP contribution in [0, 0.1) is 5.92 Å². The fourth-order valence-corrected chi connectivity index (χ4v) is 3.72. The van der Waals surface area contributed by atoms with Gasteiger partial charge in [0.25, 0.3) is 0 Å². The number of carbonyl (C=O) groups excluding carboxylic acids is 2. The number of hydrogen-bond acceptors (Lipinski definition) is 4. The summed E-state index contributed by atoms with van der Waals surface area (Å²) < 4.78 is 11.2. The molecule has 0 aromatic rings. The highest BCUT2D eigenvalue weighted by molar-refractivity contribution is 6.74. The van der Waals surface area contributed by atoms with Gasteiger partial charge in [-0.15, -0.1) is 0 Å². The van der Waals surface area contributed by atoms with Gasteiger partial charge in [-0.05, 0) is 32.0 Å². The number of β-lactam (4-membered cyclic amide) rings is 1. The molecule has 0 aromatic carbocycles. The highest BCUT2D eigenvalue weighted by Gasteiger charge is 2.48. The molecule has 3 atom stereocenters. The third-order valence-electron chi connectivity index (χ3n) is 4.55. The maximum Gasteiger partial charge on any atom is 0.307 e. The Morgan fingerprint density at radius 3 is 2.38 bits per heavy atom. The van der Waals surface area contributed by atoms with E-state index in [-0.39, 0.29) is 41.4 Å².